The van der Waals surface area contributed by atoms with Gasteiger partial charge >= 0.3 is 7.60 Å². The molecule has 0 saturated carbocycles. The van der Waals surface area contributed by atoms with Crippen LogP contribution in [-0.4, -0.2) is 31.0 Å². The third-order valence-corrected chi connectivity index (χ3v) is 4.21. The molecule has 2 N–H and O–H groups in total. The highest BCUT2D eigenvalue weighted by molar-refractivity contribution is 7.60. The molecule has 0 aliphatic heterocycles. The van der Waals surface area contributed by atoms with Gasteiger partial charge in [0.05, 0.1) is 12.4 Å². The van der Waals surface area contributed by atoms with Crippen molar-refractivity contribution in [2.45, 2.75) is 0 Å². The summed E-state index contributed by atoms with van der Waals surface area (Å²) in [7, 11) is 0.911. The zero-order chi connectivity index (χ0) is 15.6. The minimum atomic E-state index is -4.38. The van der Waals surface area contributed by atoms with Gasteiger partial charge in [-0.25, -0.2) is 0 Å². The SMILES string of the molecule is COc1cccc(N(C)C)c1-c1ccccc1P(=O)(O)O. The van der Waals surface area contributed by atoms with Crippen molar-refractivity contribution >= 4 is 18.6 Å². The normalized spacial score (nSPS) is 11.3. The number of anilines is 1. The molecule has 0 radical (unpaired) electrons. The summed E-state index contributed by atoms with van der Waals surface area (Å²) >= 11 is 0. The van der Waals surface area contributed by atoms with E-state index < -0.39 is 7.60 Å². The molecule has 112 valence electrons. The first-order valence-corrected chi connectivity index (χ1v) is 7.97. The Morgan fingerprint density at radius 2 is 1.71 bits per heavy atom. The lowest BCUT2D eigenvalue weighted by molar-refractivity contribution is 0.387. The van der Waals surface area contributed by atoms with Gasteiger partial charge in [0.2, 0.25) is 0 Å². The smallest absolute Gasteiger partial charge is 0.356 e. The van der Waals surface area contributed by atoms with Gasteiger partial charge < -0.3 is 19.4 Å². The third-order valence-electron chi connectivity index (χ3n) is 3.19. The maximum atomic E-state index is 11.7. The lowest BCUT2D eigenvalue weighted by Gasteiger charge is -2.21. The highest BCUT2D eigenvalue weighted by Gasteiger charge is 2.25. The molecule has 0 aliphatic rings. The maximum absolute atomic E-state index is 11.7. The van der Waals surface area contributed by atoms with Crippen LogP contribution < -0.4 is 14.9 Å². The van der Waals surface area contributed by atoms with Crippen molar-refractivity contribution in [1.29, 1.82) is 0 Å². The second-order valence-electron chi connectivity index (χ2n) is 4.81. The maximum Gasteiger partial charge on any atom is 0.356 e. The van der Waals surface area contributed by atoms with Gasteiger partial charge in [0.25, 0.3) is 0 Å². The Bertz CT molecular complexity index is 694. The molecule has 0 atom stereocenters. The summed E-state index contributed by atoms with van der Waals surface area (Å²) in [5.41, 5.74) is 1.98. The van der Waals surface area contributed by atoms with E-state index in [2.05, 4.69) is 0 Å². The van der Waals surface area contributed by atoms with Crippen LogP contribution in [0.5, 0.6) is 5.75 Å². The monoisotopic (exact) mass is 307 g/mol. The predicted molar refractivity (Wildman–Crippen MR) is 84.4 cm³/mol. The van der Waals surface area contributed by atoms with E-state index in [0.717, 1.165) is 5.69 Å². The minimum absolute atomic E-state index is 0.00222. The van der Waals surface area contributed by atoms with Gasteiger partial charge in [-0.2, -0.15) is 0 Å². The Morgan fingerprint density at radius 3 is 2.29 bits per heavy atom. The number of benzene rings is 2. The number of nitrogens with zero attached hydrogens (tertiary/aromatic N) is 1. The second-order valence-corrected chi connectivity index (χ2v) is 6.38. The Morgan fingerprint density at radius 1 is 1.05 bits per heavy atom. The van der Waals surface area contributed by atoms with E-state index in [0.29, 0.717) is 16.9 Å². The Labute approximate surface area is 124 Å². The summed E-state index contributed by atoms with van der Waals surface area (Å²) in [5, 5.41) is -0.00222. The highest BCUT2D eigenvalue weighted by atomic mass is 31.2. The van der Waals surface area contributed by atoms with Crippen LogP contribution in [0.25, 0.3) is 11.1 Å². The molecule has 0 bridgehead atoms. The van der Waals surface area contributed by atoms with Gasteiger partial charge in [-0.15, -0.1) is 0 Å². The summed E-state index contributed by atoms with van der Waals surface area (Å²) in [5.74, 6) is 0.571. The van der Waals surface area contributed by atoms with E-state index >= 15 is 0 Å². The van der Waals surface area contributed by atoms with E-state index in [1.165, 1.54) is 6.07 Å². The van der Waals surface area contributed by atoms with Crippen LogP contribution in [0, 0.1) is 0 Å². The van der Waals surface area contributed by atoms with E-state index in [1.807, 2.05) is 31.1 Å². The molecule has 0 amide bonds. The molecule has 2 rings (SSSR count). The first-order chi connectivity index (χ1) is 9.86. The summed E-state index contributed by atoms with van der Waals surface area (Å²) in [4.78, 5) is 21.0. The zero-order valence-electron chi connectivity index (χ0n) is 12.1. The van der Waals surface area contributed by atoms with Crippen molar-refractivity contribution in [3.05, 3.63) is 42.5 Å². The minimum Gasteiger partial charge on any atom is -0.496 e. The predicted octanol–water partition coefficient (Wildman–Crippen LogP) is 2.23. The van der Waals surface area contributed by atoms with Crippen molar-refractivity contribution in [3.63, 3.8) is 0 Å². The van der Waals surface area contributed by atoms with Crippen molar-refractivity contribution in [2.24, 2.45) is 0 Å². The Balaban J connectivity index is 2.82. The van der Waals surface area contributed by atoms with Crippen LogP contribution in [0.3, 0.4) is 0 Å². The number of hydrogen-bond acceptors (Lipinski definition) is 3. The number of rotatable bonds is 4. The fourth-order valence-electron chi connectivity index (χ4n) is 2.27. The van der Waals surface area contributed by atoms with Crippen molar-refractivity contribution in [3.8, 4) is 16.9 Å². The van der Waals surface area contributed by atoms with Crippen molar-refractivity contribution < 1.29 is 19.1 Å². The molecule has 6 heteroatoms. The topological polar surface area (TPSA) is 70.0 Å². The molecular weight excluding hydrogens is 289 g/mol. The Hall–Kier alpha value is -1.81. The number of ether oxygens (including phenoxy) is 1. The van der Waals surface area contributed by atoms with Crippen LogP contribution in [0.15, 0.2) is 42.5 Å². The van der Waals surface area contributed by atoms with Crippen LogP contribution >= 0.6 is 7.60 Å². The molecule has 0 spiro atoms. The summed E-state index contributed by atoms with van der Waals surface area (Å²) in [6.07, 6.45) is 0. The Kier molecular flexibility index (Phi) is 4.37. The van der Waals surface area contributed by atoms with Crippen molar-refractivity contribution in [2.75, 3.05) is 26.1 Å². The van der Waals surface area contributed by atoms with E-state index in [1.54, 1.807) is 31.4 Å². The quantitative estimate of drug-likeness (QED) is 0.848. The molecule has 21 heavy (non-hydrogen) atoms. The fourth-order valence-corrected chi connectivity index (χ4v) is 3.05. The average Bonchev–Trinajstić information content (AvgIpc) is 2.45. The number of hydrogen-bond donors (Lipinski definition) is 2. The largest absolute Gasteiger partial charge is 0.496 e. The molecule has 0 aromatic heterocycles. The van der Waals surface area contributed by atoms with Crippen LogP contribution in [-0.2, 0) is 4.57 Å². The zero-order valence-corrected chi connectivity index (χ0v) is 13.0. The van der Waals surface area contributed by atoms with Gasteiger partial charge in [0, 0.05) is 30.9 Å². The third kappa shape index (κ3) is 3.10. The molecule has 0 unspecified atom stereocenters. The van der Waals surface area contributed by atoms with Crippen LogP contribution in [0.4, 0.5) is 5.69 Å². The standard InChI is InChI=1S/C15H18NO4P/c1-16(2)12-8-6-9-13(20-3)15(12)11-7-4-5-10-14(11)21(17,18)19/h4-10H,1-3H3,(H2,17,18,19). The van der Waals surface area contributed by atoms with Gasteiger partial charge in [-0.05, 0) is 18.2 Å². The van der Waals surface area contributed by atoms with Gasteiger partial charge in [-0.3, -0.25) is 4.57 Å². The van der Waals surface area contributed by atoms with Crippen molar-refractivity contribution in [1.82, 2.24) is 0 Å². The van der Waals surface area contributed by atoms with Crippen LogP contribution in [0.1, 0.15) is 0 Å². The lowest BCUT2D eigenvalue weighted by Crippen LogP contribution is -2.14. The van der Waals surface area contributed by atoms with Gasteiger partial charge in [0.15, 0.2) is 0 Å². The van der Waals surface area contributed by atoms with Gasteiger partial charge in [-0.1, -0.05) is 24.3 Å². The average molecular weight is 307 g/mol. The first kappa shape index (κ1) is 15.6. The molecule has 0 saturated heterocycles. The lowest BCUT2D eigenvalue weighted by atomic mass is 10.0. The first-order valence-electron chi connectivity index (χ1n) is 6.36. The molecule has 2 aromatic rings. The highest BCUT2D eigenvalue weighted by Crippen LogP contribution is 2.43. The molecule has 2 aromatic carbocycles. The molecular formula is C15H18NO4P. The summed E-state index contributed by atoms with van der Waals surface area (Å²) < 4.78 is 17.1. The number of methoxy groups -OCH3 is 1. The van der Waals surface area contributed by atoms with E-state index in [4.69, 9.17) is 4.74 Å². The summed E-state index contributed by atoms with van der Waals surface area (Å²) in [6.45, 7) is 0. The second kappa shape index (κ2) is 5.90. The van der Waals surface area contributed by atoms with E-state index in [-0.39, 0.29) is 5.30 Å². The molecule has 0 fully saturated rings. The molecule has 5 nitrogen and oxygen atoms in total. The molecule has 0 aliphatic carbocycles. The fraction of sp³-hybridized carbons (Fsp3) is 0.200. The van der Waals surface area contributed by atoms with Gasteiger partial charge in [0.1, 0.15) is 5.75 Å². The molecule has 0 heterocycles. The van der Waals surface area contributed by atoms with E-state index in [9.17, 15) is 14.4 Å². The summed E-state index contributed by atoms with van der Waals surface area (Å²) in [6, 6.07) is 12.0. The van der Waals surface area contributed by atoms with Crippen LogP contribution in [0.2, 0.25) is 0 Å².